The Bertz CT molecular complexity index is 313. The van der Waals surface area contributed by atoms with Crippen LogP contribution >= 0.6 is 11.6 Å². The molecule has 1 nitrogen and oxygen atoms in total. The number of aliphatic hydroxyl groups excluding tert-OH is 1. The summed E-state index contributed by atoms with van der Waals surface area (Å²) in [5.41, 5.74) is 0.593. The SMILES string of the molecule is CC(O)Cc1ccc(C(F)F)cc1Cl. The Morgan fingerprint density at radius 2 is 2.07 bits per heavy atom. The van der Waals surface area contributed by atoms with Crippen LogP contribution in [0, 0.1) is 0 Å². The fourth-order valence-corrected chi connectivity index (χ4v) is 1.45. The summed E-state index contributed by atoms with van der Waals surface area (Å²) in [4.78, 5) is 0. The first-order valence-electron chi connectivity index (χ1n) is 4.25. The van der Waals surface area contributed by atoms with Gasteiger partial charge in [0.15, 0.2) is 0 Å². The van der Waals surface area contributed by atoms with Gasteiger partial charge in [-0.15, -0.1) is 0 Å². The summed E-state index contributed by atoms with van der Waals surface area (Å²) in [7, 11) is 0. The molecule has 1 aromatic carbocycles. The Hall–Kier alpha value is -0.670. The highest BCUT2D eigenvalue weighted by Gasteiger charge is 2.10. The predicted molar refractivity (Wildman–Crippen MR) is 51.8 cm³/mol. The fraction of sp³-hybridized carbons (Fsp3) is 0.400. The van der Waals surface area contributed by atoms with Crippen LogP contribution in [-0.4, -0.2) is 11.2 Å². The Morgan fingerprint density at radius 1 is 1.43 bits per heavy atom. The third-order valence-corrected chi connectivity index (χ3v) is 2.20. The van der Waals surface area contributed by atoms with Gasteiger partial charge in [-0.1, -0.05) is 23.7 Å². The number of hydrogen-bond acceptors (Lipinski definition) is 1. The van der Waals surface area contributed by atoms with Crippen LogP contribution in [0.3, 0.4) is 0 Å². The van der Waals surface area contributed by atoms with E-state index in [0.717, 1.165) is 0 Å². The summed E-state index contributed by atoms with van der Waals surface area (Å²) in [6.45, 7) is 1.62. The number of aliphatic hydroxyl groups is 1. The zero-order valence-electron chi connectivity index (χ0n) is 7.67. The predicted octanol–water partition coefficient (Wildman–Crippen LogP) is 3.20. The normalized spacial score (nSPS) is 13.3. The van der Waals surface area contributed by atoms with E-state index in [4.69, 9.17) is 16.7 Å². The zero-order valence-corrected chi connectivity index (χ0v) is 8.43. The van der Waals surface area contributed by atoms with Gasteiger partial charge in [0.2, 0.25) is 0 Å². The van der Waals surface area contributed by atoms with E-state index >= 15 is 0 Å². The van der Waals surface area contributed by atoms with Gasteiger partial charge < -0.3 is 5.11 Å². The van der Waals surface area contributed by atoms with Crippen LogP contribution in [0.4, 0.5) is 8.78 Å². The molecule has 1 aromatic rings. The van der Waals surface area contributed by atoms with Gasteiger partial charge in [0.1, 0.15) is 0 Å². The van der Waals surface area contributed by atoms with Gasteiger partial charge >= 0.3 is 0 Å². The Morgan fingerprint density at radius 3 is 2.50 bits per heavy atom. The van der Waals surface area contributed by atoms with Gasteiger partial charge in [-0.2, -0.15) is 0 Å². The first-order chi connectivity index (χ1) is 6.50. The monoisotopic (exact) mass is 220 g/mol. The van der Waals surface area contributed by atoms with Gasteiger partial charge in [-0.05, 0) is 25.0 Å². The Balaban J connectivity index is 2.90. The smallest absolute Gasteiger partial charge is 0.263 e. The first-order valence-corrected chi connectivity index (χ1v) is 4.63. The number of alkyl halides is 2. The van der Waals surface area contributed by atoms with Crippen molar-refractivity contribution < 1.29 is 13.9 Å². The summed E-state index contributed by atoms with van der Waals surface area (Å²) in [5.74, 6) is 0. The molecule has 0 spiro atoms. The summed E-state index contributed by atoms with van der Waals surface area (Å²) < 4.78 is 24.5. The van der Waals surface area contributed by atoms with Crippen LogP contribution < -0.4 is 0 Å². The molecule has 0 saturated carbocycles. The van der Waals surface area contributed by atoms with Crippen molar-refractivity contribution >= 4 is 11.6 Å². The van der Waals surface area contributed by atoms with Gasteiger partial charge in [-0.25, -0.2) is 8.78 Å². The molecule has 1 N–H and O–H groups in total. The highest BCUT2D eigenvalue weighted by Crippen LogP contribution is 2.25. The maximum atomic E-state index is 12.2. The van der Waals surface area contributed by atoms with Crippen LogP contribution in [-0.2, 0) is 6.42 Å². The van der Waals surface area contributed by atoms with Gasteiger partial charge in [-0.3, -0.25) is 0 Å². The second-order valence-corrected chi connectivity index (χ2v) is 3.61. The van der Waals surface area contributed by atoms with E-state index in [1.807, 2.05) is 0 Å². The average Bonchev–Trinajstić information content (AvgIpc) is 2.07. The van der Waals surface area contributed by atoms with Crippen molar-refractivity contribution in [3.63, 3.8) is 0 Å². The molecule has 1 rings (SSSR count). The van der Waals surface area contributed by atoms with Crippen molar-refractivity contribution in [3.8, 4) is 0 Å². The molecule has 1 unspecified atom stereocenters. The molecule has 0 bridgehead atoms. The van der Waals surface area contributed by atoms with Gasteiger partial charge in [0.25, 0.3) is 6.43 Å². The van der Waals surface area contributed by atoms with Crippen molar-refractivity contribution in [1.29, 1.82) is 0 Å². The lowest BCUT2D eigenvalue weighted by Gasteiger charge is -2.08. The second kappa shape index (κ2) is 4.71. The van der Waals surface area contributed by atoms with E-state index in [1.165, 1.54) is 18.2 Å². The maximum Gasteiger partial charge on any atom is 0.263 e. The number of halogens is 3. The number of rotatable bonds is 3. The van der Waals surface area contributed by atoms with E-state index in [-0.39, 0.29) is 10.6 Å². The van der Waals surface area contributed by atoms with E-state index < -0.39 is 12.5 Å². The molecule has 1 atom stereocenters. The largest absolute Gasteiger partial charge is 0.393 e. The fourth-order valence-electron chi connectivity index (χ4n) is 1.18. The lowest BCUT2D eigenvalue weighted by molar-refractivity contribution is 0.151. The molecule has 0 saturated heterocycles. The highest BCUT2D eigenvalue weighted by atomic mass is 35.5. The molecule has 14 heavy (non-hydrogen) atoms. The molecule has 0 aliphatic carbocycles. The van der Waals surface area contributed by atoms with E-state index in [1.54, 1.807) is 6.92 Å². The Labute approximate surface area is 86.3 Å². The molecule has 0 fully saturated rings. The molecule has 0 aliphatic rings. The number of hydrogen-bond donors (Lipinski definition) is 1. The van der Waals surface area contributed by atoms with Crippen molar-refractivity contribution in [2.45, 2.75) is 25.9 Å². The lowest BCUT2D eigenvalue weighted by Crippen LogP contribution is -2.04. The van der Waals surface area contributed by atoms with E-state index in [2.05, 4.69) is 0 Å². The third-order valence-electron chi connectivity index (χ3n) is 1.84. The quantitative estimate of drug-likeness (QED) is 0.830. The Kier molecular flexibility index (Phi) is 3.84. The molecule has 0 aromatic heterocycles. The summed E-state index contributed by atoms with van der Waals surface area (Å²) in [5, 5.41) is 9.38. The minimum Gasteiger partial charge on any atom is -0.393 e. The highest BCUT2D eigenvalue weighted by molar-refractivity contribution is 6.31. The summed E-state index contributed by atoms with van der Waals surface area (Å²) >= 11 is 5.77. The molecular weight excluding hydrogens is 210 g/mol. The minimum atomic E-state index is -2.51. The third kappa shape index (κ3) is 2.93. The van der Waals surface area contributed by atoms with Crippen LogP contribution in [0.25, 0.3) is 0 Å². The van der Waals surface area contributed by atoms with Crippen LogP contribution in [0.2, 0.25) is 5.02 Å². The number of benzene rings is 1. The van der Waals surface area contributed by atoms with Crippen LogP contribution in [0.15, 0.2) is 18.2 Å². The topological polar surface area (TPSA) is 20.2 Å². The molecular formula is C10H11ClF2O. The van der Waals surface area contributed by atoms with Gasteiger partial charge in [0, 0.05) is 10.6 Å². The molecule has 0 amide bonds. The minimum absolute atomic E-state index is 0.0932. The molecule has 0 aliphatic heterocycles. The van der Waals surface area contributed by atoms with Gasteiger partial charge in [0.05, 0.1) is 6.10 Å². The summed E-state index contributed by atoms with van der Waals surface area (Å²) in [6, 6.07) is 4.09. The van der Waals surface area contributed by atoms with Crippen molar-refractivity contribution in [2.75, 3.05) is 0 Å². The van der Waals surface area contributed by atoms with Crippen LogP contribution in [0.5, 0.6) is 0 Å². The van der Waals surface area contributed by atoms with Crippen molar-refractivity contribution in [2.24, 2.45) is 0 Å². The van der Waals surface area contributed by atoms with Crippen molar-refractivity contribution in [3.05, 3.63) is 34.3 Å². The molecule has 78 valence electrons. The maximum absolute atomic E-state index is 12.2. The zero-order chi connectivity index (χ0) is 10.7. The summed E-state index contributed by atoms with van der Waals surface area (Å²) in [6.07, 6.45) is -2.65. The van der Waals surface area contributed by atoms with Crippen LogP contribution in [0.1, 0.15) is 24.5 Å². The molecule has 0 heterocycles. The van der Waals surface area contributed by atoms with E-state index in [0.29, 0.717) is 12.0 Å². The van der Waals surface area contributed by atoms with Crippen molar-refractivity contribution in [1.82, 2.24) is 0 Å². The first kappa shape index (κ1) is 11.4. The standard InChI is InChI=1S/C10H11ClF2O/c1-6(14)4-7-2-3-8(10(12)13)5-9(7)11/h2-3,5-6,10,14H,4H2,1H3. The molecule has 4 heteroatoms. The molecule has 0 radical (unpaired) electrons. The second-order valence-electron chi connectivity index (χ2n) is 3.20. The van der Waals surface area contributed by atoms with E-state index in [9.17, 15) is 8.78 Å². The average molecular weight is 221 g/mol. The lowest BCUT2D eigenvalue weighted by atomic mass is 10.1.